The van der Waals surface area contributed by atoms with Crippen molar-refractivity contribution < 1.29 is 0 Å². The van der Waals surface area contributed by atoms with Gasteiger partial charge in [0.05, 0.1) is 0 Å². The second-order valence-corrected chi connectivity index (χ2v) is 6.62. The van der Waals surface area contributed by atoms with Crippen LogP contribution in [0.2, 0.25) is 0 Å². The zero-order valence-corrected chi connectivity index (χ0v) is 11.1. The van der Waals surface area contributed by atoms with Gasteiger partial charge in [-0.3, -0.25) is 0 Å². The van der Waals surface area contributed by atoms with Crippen LogP contribution in [-0.4, -0.2) is 48.1 Å². The lowest BCUT2D eigenvalue weighted by Crippen LogP contribution is -2.47. The summed E-state index contributed by atoms with van der Waals surface area (Å²) in [5, 5.41) is 3.77. The van der Waals surface area contributed by atoms with Crippen LogP contribution in [0.4, 0.5) is 0 Å². The summed E-state index contributed by atoms with van der Waals surface area (Å²) in [7, 11) is 2.24. The third-order valence-electron chi connectivity index (χ3n) is 4.30. The number of nitrogens with one attached hydrogen (secondary N) is 1. The standard InChI is InChI=1S/C12H24N2S/c1-10-7-11(8-14(10)2)13-9-12(15-3)5-4-6-12/h10-11,13H,4-9H2,1-3H3. The van der Waals surface area contributed by atoms with Crippen LogP contribution in [-0.2, 0) is 0 Å². The smallest absolute Gasteiger partial charge is 0.0281 e. The lowest BCUT2D eigenvalue weighted by molar-refractivity contribution is 0.315. The van der Waals surface area contributed by atoms with Gasteiger partial charge in [0.1, 0.15) is 0 Å². The molecule has 88 valence electrons. The van der Waals surface area contributed by atoms with Crippen LogP contribution in [0, 0.1) is 0 Å². The van der Waals surface area contributed by atoms with E-state index in [2.05, 4.69) is 42.2 Å². The average Bonchev–Trinajstić information content (AvgIpc) is 2.45. The minimum Gasteiger partial charge on any atom is -0.311 e. The van der Waals surface area contributed by atoms with E-state index in [1.165, 1.54) is 38.8 Å². The van der Waals surface area contributed by atoms with Crippen molar-refractivity contribution in [2.75, 3.05) is 26.4 Å². The normalized spacial score (nSPS) is 35.4. The predicted octanol–water partition coefficient (Wildman–Crippen LogP) is 1.95. The Balaban J connectivity index is 1.74. The summed E-state index contributed by atoms with van der Waals surface area (Å²) in [4.78, 5) is 2.46. The van der Waals surface area contributed by atoms with Crippen LogP contribution >= 0.6 is 11.8 Å². The van der Waals surface area contributed by atoms with E-state index in [0.717, 1.165) is 12.1 Å². The molecular weight excluding hydrogens is 204 g/mol. The summed E-state index contributed by atoms with van der Waals surface area (Å²) < 4.78 is 0.588. The SMILES string of the molecule is CSC1(CNC2CC(C)N(C)C2)CCC1. The molecule has 1 N–H and O–H groups in total. The molecule has 0 radical (unpaired) electrons. The first-order valence-corrected chi connectivity index (χ1v) is 7.36. The van der Waals surface area contributed by atoms with Crippen molar-refractivity contribution in [2.45, 2.75) is 49.4 Å². The largest absolute Gasteiger partial charge is 0.311 e. The van der Waals surface area contributed by atoms with E-state index in [0.29, 0.717) is 4.75 Å². The van der Waals surface area contributed by atoms with Crippen molar-refractivity contribution in [3.63, 3.8) is 0 Å². The van der Waals surface area contributed by atoms with Crippen molar-refractivity contribution in [1.29, 1.82) is 0 Å². The van der Waals surface area contributed by atoms with E-state index in [4.69, 9.17) is 0 Å². The highest BCUT2D eigenvalue weighted by atomic mass is 32.2. The highest BCUT2D eigenvalue weighted by molar-refractivity contribution is 8.00. The number of nitrogens with zero attached hydrogens (tertiary/aromatic N) is 1. The average molecular weight is 228 g/mol. The predicted molar refractivity (Wildman–Crippen MR) is 68.6 cm³/mol. The quantitative estimate of drug-likeness (QED) is 0.792. The Kier molecular flexibility index (Phi) is 3.63. The first-order chi connectivity index (χ1) is 7.15. The van der Waals surface area contributed by atoms with Crippen LogP contribution in [0.1, 0.15) is 32.6 Å². The Morgan fingerprint density at radius 3 is 2.60 bits per heavy atom. The van der Waals surface area contributed by atoms with Gasteiger partial charge in [-0.1, -0.05) is 6.42 Å². The van der Waals surface area contributed by atoms with Crippen molar-refractivity contribution in [3.8, 4) is 0 Å². The number of thioether (sulfide) groups is 1. The minimum atomic E-state index is 0.588. The third-order valence-corrected chi connectivity index (χ3v) is 5.72. The van der Waals surface area contributed by atoms with Gasteiger partial charge in [-0.25, -0.2) is 0 Å². The maximum Gasteiger partial charge on any atom is 0.0281 e. The lowest BCUT2D eigenvalue weighted by atomic mass is 9.84. The first-order valence-electron chi connectivity index (χ1n) is 6.14. The Morgan fingerprint density at radius 1 is 1.47 bits per heavy atom. The van der Waals surface area contributed by atoms with E-state index in [-0.39, 0.29) is 0 Å². The molecule has 1 saturated heterocycles. The monoisotopic (exact) mass is 228 g/mol. The fraction of sp³-hybridized carbons (Fsp3) is 1.00. The summed E-state index contributed by atoms with van der Waals surface area (Å²) >= 11 is 2.07. The van der Waals surface area contributed by atoms with Crippen molar-refractivity contribution in [2.24, 2.45) is 0 Å². The molecule has 2 unspecified atom stereocenters. The fourth-order valence-electron chi connectivity index (χ4n) is 2.70. The topological polar surface area (TPSA) is 15.3 Å². The molecule has 2 aliphatic rings. The molecule has 15 heavy (non-hydrogen) atoms. The minimum absolute atomic E-state index is 0.588. The molecule has 1 saturated carbocycles. The molecule has 1 heterocycles. The van der Waals surface area contributed by atoms with Gasteiger partial charge in [-0.2, -0.15) is 11.8 Å². The molecule has 1 aliphatic carbocycles. The van der Waals surface area contributed by atoms with Crippen molar-refractivity contribution >= 4 is 11.8 Å². The lowest BCUT2D eigenvalue weighted by Gasteiger charge is -2.41. The van der Waals surface area contributed by atoms with Gasteiger partial charge >= 0.3 is 0 Å². The van der Waals surface area contributed by atoms with E-state index in [1.54, 1.807) is 0 Å². The van der Waals surface area contributed by atoms with Crippen LogP contribution in [0.5, 0.6) is 0 Å². The number of likely N-dealkylation sites (N-methyl/N-ethyl adjacent to an activating group) is 1. The molecule has 0 aromatic carbocycles. The Labute approximate surface area is 98.2 Å². The van der Waals surface area contributed by atoms with Crippen molar-refractivity contribution in [1.82, 2.24) is 10.2 Å². The molecule has 1 aliphatic heterocycles. The van der Waals surface area contributed by atoms with Gasteiger partial charge in [0.15, 0.2) is 0 Å². The van der Waals surface area contributed by atoms with Gasteiger partial charge in [0, 0.05) is 29.9 Å². The van der Waals surface area contributed by atoms with Gasteiger partial charge in [0.2, 0.25) is 0 Å². The van der Waals surface area contributed by atoms with E-state index >= 15 is 0 Å². The number of rotatable bonds is 4. The highest BCUT2D eigenvalue weighted by Crippen LogP contribution is 2.42. The Bertz CT molecular complexity index is 200. The fourth-order valence-corrected chi connectivity index (χ4v) is 3.62. The molecule has 0 amide bonds. The highest BCUT2D eigenvalue weighted by Gasteiger charge is 2.37. The molecule has 0 spiro atoms. The zero-order valence-electron chi connectivity index (χ0n) is 10.3. The van der Waals surface area contributed by atoms with Gasteiger partial charge in [-0.05, 0) is 39.5 Å². The maximum absolute atomic E-state index is 3.77. The van der Waals surface area contributed by atoms with Gasteiger partial charge < -0.3 is 10.2 Å². The molecule has 2 atom stereocenters. The summed E-state index contributed by atoms with van der Waals surface area (Å²) in [6.07, 6.45) is 7.85. The third kappa shape index (κ3) is 2.51. The molecule has 2 fully saturated rings. The molecule has 0 bridgehead atoms. The molecule has 0 aromatic heterocycles. The second-order valence-electron chi connectivity index (χ2n) is 5.34. The van der Waals surface area contributed by atoms with Crippen molar-refractivity contribution in [3.05, 3.63) is 0 Å². The molecule has 3 heteroatoms. The van der Waals surface area contributed by atoms with E-state index in [9.17, 15) is 0 Å². The molecule has 2 rings (SSSR count). The summed E-state index contributed by atoms with van der Waals surface area (Å²) in [6, 6.07) is 1.49. The van der Waals surface area contributed by atoms with Gasteiger partial charge in [-0.15, -0.1) is 0 Å². The van der Waals surface area contributed by atoms with Gasteiger partial charge in [0.25, 0.3) is 0 Å². The van der Waals surface area contributed by atoms with Crippen LogP contribution in [0.25, 0.3) is 0 Å². The second kappa shape index (κ2) is 4.64. The number of hydrogen-bond acceptors (Lipinski definition) is 3. The van der Waals surface area contributed by atoms with Crippen LogP contribution in [0.15, 0.2) is 0 Å². The molecule has 0 aromatic rings. The number of hydrogen-bond donors (Lipinski definition) is 1. The summed E-state index contributed by atoms with van der Waals surface area (Å²) in [5.74, 6) is 0. The summed E-state index contributed by atoms with van der Waals surface area (Å²) in [5.41, 5.74) is 0. The first kappa shape index (κ1) is 11.7. The van der Waals surface area contributed by atoms with E-state index < -0.39 is 0 Å². The van der Waals surface area contributed by atoms with Crippen LogP contribution < -0.4 is 5.32 Å². The summed E-state index contributed by atoms with van der Waals surface area (Å²) in [6.45, 7) is 4.78. The Hall–Kier alpha value is 0.270. The molecular formula is C12H24N2S. The maximum atomic E-state index is 3.77. The number of likely N-dealkylation sites (tertiary alicyclic amines) is 1. The van der Waals surface area contributed by atoms with E-state index in [1.807, 2.05) is 0 Å². The Morgan fingerprint density at radius 2 is 2.20 bits per heavy atom. The molecule has 2 nitrogen and oxygen atoms in total. The zero-order chi connectivity index (χ0) is 10.9. The van der Waals surface area contributed by atoms with Crippen LogP contribution in [0.3, 0.4) is 0 Å².